The van der Waals surface area contributed by atoms with Crippen molar-refractivity contribution in [3.8, 4) is 5.69 Å². The van der Waals surface area contributed by atoms with Crippen LogP contribution in [0.25, 0.3) is 5.69 Å². The van der Waals surface area contributed by atoms with Crippen molar-refractivity contribution in [2.45, 2.75) is 46.1 Å². The first-order valence-electron chi connectivity index (χ1n) is 9.43. The third-order valence-corrected chi connectivity index (χ3v) is 5.58. The Morgan fingerprint density at radius 1 is 1.34 bits per heavy atom. The number of halogens is 1. The van der Waals surface area contributed by atoms with Crippen LogP contribution >= 0.6 is 11.6 Å². The molecule has 1 aromatic heterocycles. The first kappa shape index (κ1) is 21.3. The molecular formula is C20H25ClN4O4. The van der Waals surface area contributed by atoms with Crippen LogP contribution in [0, 0.1) is 10.8 Å². The van der Waals surface area contributed by atoms with Crippen molar-refractivity contribution in [3.63, 3.8) is 0 Å². The van der Waals surface area contributed by atoms with Gasteiger partial charge in [0.2, 0.25) is 0 Å². The molecule has 2 unspecified atom stereocenters. The standard InChI is InChI=1S/C20H25ClN4O4/c1-19(2)7-13(26)8-20(3,10-19)11-22-17(28)14-6-12(4-5-15(14)21)25-18(29)24-16(27)9-23-25/h4-6,9,13,26H,7-8,10-11H2,1-3H3,(H,22,28)(H,24,27,29). The summed E-state index contributed by atoms with van der Waals surface area (Å²) in [6.07, 6.45) is 2.81. The Hall–Kier alpha value is -2.45. The molecule has 0 saturated heterocycles. The summed E-state index contributed by atoms with van der Waals surface area (Å²) >= 11 is 6.20. The van der Waals surface area contributed by atoms with E-state index in [4.69, 9.17) is 11.6 Å². The highest BCUT2D eigenvalue weighted by molar-refractivity contribution is 6.33. The fourth-order valence-corrected chi connectivity index (χ4v) is 4.66. The lowest BCUT2D eigenvalue weighted by molar-refractivity contribution is -0.00839. The van der Waals surface area contributed by atoms with Crippen molar-refractivity contribution in [1.29, 1.82) is 0 Å². The number of aliphatic hydroxyl groups is 1. The topological polar surface area (TPSA) is 117 Å². The normalized spacial score (nSPS) is 23.6. The van der Waals surface area contributed by atoms with E-state index in [1.165, 1.54) is 18.2 Å². The Bertz CT molecular complexity index is 1050. The average molecular weight is 421 g/mol. The molecule has 1 aromatic carbocycles. The highest BCUT2D eigenvalue weighted by Gasteiger charge is 2.40. The predicted octanol–water partition coefficient (Wildman–Crippen LogP) is 1.88. The number of aliphatic hydroxyl groups excluding tert-OH is 1. The number of rotatable bonds is 4. The summed E-state index contributed by atoms with van der Waals surface area (Å²) < 4.78 is 0.982. The van der Waals surface area contributed by atoms with Gasteiger partial charge in [0, 0.05) is 6.54 Å². The zero-order valence-corrected chi connectivity index (χ0v) is 17.4. The molecule has 29 heavy (non-hydrogen) atoms. The monoisotopic (exact) mass is 420 g/mol. The maximum absolute atomic E-state index is 12.8. The van der Waals surface area contributed by atoms with E-state index in [-0.39, 0.29) is 27.3 Å². The molecule has 0 radical (unpaired) electrons. The largest absolute Gasteiger partial charge is 0.393 e. The highest BCUT2D eigenvalue weighted by Crippen LogP contribution is 2.45. The van der Waals surface area contributed by atoms with Gasteiger partial charge in [0.25, 0.3) is 11.5 Å². The smallest absolute Gasteiger partial charge is 0.349 e. The molecule has 1 amide bonds. The molecule has 1 fully saturated rings. The van der Waals surface area contributed by atoms with Gasteiger partial charge >= 0.3 is 5.69 Å². The van der Waals surface area contributed by atoms with Crippen molar-refractivity contribution in [2.75, 3.05) is 6.54 Å². The maximum Gasteiger partial charge on any atom is 0.349 e. The van der Waals surface area contributed by atoms with Crippen LogP contribution < -0.4 is 16.6 Å². The van der Waals surface area contributed by atoms with E-state index in [1.807, 2.05) is 0 Å². The summed E-state index contributed by atoms with van der Waals surface area (Å²) in [5, 5.41) is 17.2. The Morgan fingerprint density at radius 2 is 2.07 bits per heavy atom. The second kappa shape index (κ2) is 7.76. The number of aromatic amines is 1. The van der Waals surface area contributed by atoms with Crippen LogP contribution in [-0.2, 0) is 0 Å². The second-order valence-electron chi connectivity index (χ2n) is 8.91. The lowest BCUT2D eigenvalue weighted by Gasteiger charge is -2.45. The minimum atomic E-state index is -0.711. The van der Waals surface area contributed by atoms with E-state index in [9.17, 15) is 19.5 Å². The predicted molar refractivity (Wildman–Crippen MR) is 110 cm³/mol. The zero-order chi connectivity index (χ0) is 21.4. The van der Waals surface area contributed by atoms with Crippen LogP contribution in [0.5, 0.6) is 0 Å². The van der Waals surface area contributed by atoms with Gasteiger partial charge in [0.05, 0.1) is 22.4 Å². The molecule has 1 aliphatic carbocycles. The Balaban J connectivity index is 1.81. The van der Waals surface area contributed by atoms with Gasteiger partial charge in [-0.3, -0.25) is 14.6 Å². The minimum Gasteiger partial charge on any atom is -0.393 e. The maximum atomic E-state index is 12.8. The lowest BCUT2D eigenvalue weighted by atomic mass is 9.63. The number of carbonyl (C=O) groups excluding carboxylic acids is 1. The first-order chi connectivity index (χ1) is 13.5. The third-order valence-electron chi connectivity index (χ3n) is 5.25. The minimum absolute atomic E-state index is 0.00817. The molecule has 156 valence electrons. The van der Waals surface area contributed by atoms with Crippen molar-refractivity contribution >= 4 is 17.5 Å². The van der Waals surface area contributed by atoms with Crippen LogP contribution in [-0.4, -0.2) is 38.4 Å². The van der Waals surface area contributed by atoms with Gasteiger partial charge in [-0.2, -0.15) is 9.78 Å². The van der Waals surface area contributed by atoms with Gasteiger partial charge in [-0.25, -0.2) is 4.79 Å². The summed E-state index contributed by atoms with van der Waals surface area (Å²) in [4.78, 5) is 38.1. The van der Waals surface area contributed by atoms with Gasteiger partial charge in [-0.05, 0) is 48.3 Å². The molecule has 0 spiro atoms. The van der Waals surface area contributed by atoms with Crippen molar-refractivity contribution in [1.82, 2.24) is 20.1 Å². The first-order valence-corrected chi connectivity index (χ1v) is 9.81. The Kier molecular flexibility index (Phi) is 5.69. The fraction of sp³-hybridized carbons (Fsp3) is 0.500. The lowest BCUT2D eigenvalue weighted by Crippen LogP contribution is -2.45. The van der Waals surface area contributed by atoms with E-state index >= 15 is 0 Å². The Morgan fingerprint density at radius 3 is 2.72 bits per heavy atom. The molecule has 1 saturated carbocycles. The highest BCUT2D eigenvalue weighted by atomic mass is 35.5. The number of hydrogen-bond donors (Lipinski definition) is 3. The van der Waals surface area contributed by atoms with Crippen LogP contribution in [0.3, 0.4) is 0 Å². The summed E-state index contributed by atoms with van der Waals surface area (Å²) in [6.45, 7) is 6.68. The number of nitrogens with one attached hydrogen (secondary N) is 2. The quantitative estimate of drug-likeness (QED) is 0.698. The summed E-state index contributed by atoms with van der Waals surface area (Å²) in [5.41, 5.74) is -1.06. The van der Waals surface area contributed by atoms with Crippen molar-refractivity contribution in [3.05, 3.63) is 55.8 Å². The molecule has 2 atom stereocenters. The van der Waals surface area contributed by atoms with Gasteiger partial charge in [-0.1, -0.05) is 32.4 Å². The third kappa shape index (κ3) is 4.94. The van der Waals surface area contributed by atoms with Crippen LogP contribution in [0.1, 0.15) is 50.4 Å². The van der Waals surface area contributed by atoms with Gasteiger partial charge in [-0.15, -0.1) is 0 Å². The number of amides is 1. The molecule has 1 heterocycles. The van der Waals surface area contributed by atoms with Gasteiger partial charge < -0.3 is 10.4 Å². The number of aromatic nitrogens is 3. The van der Waals surface area contributed by atoms with Crippen LogP contribution in [0.2, 0.25) is 5.02 Å². The number of hydrogen-bond acceptors (Lipinski definition) is 5. The molecule has 0 aliphatic heterocycles. The summed E-state index contributed by atoms with van der Waals surface area (Å²) in [7, 11) is 0. The van der Waals surface area contributed by atoms with E-state index in [0.29, 0.717) is 18.7 Å². The molecular weight excluding hydrogens is 396 g/mol. The molecule has 3 rings (SSSR count). The summed E-state index contributed by atoms with van der Waals surface area (Å²) in [5.74, 6) is -0.381. The number of benzene rings is 1. The molecule has 8 nitrogen and oxygen atoms in total. The molecule has 2 aromatic rings. The molecule has 3 N–H and O–H groups in total. The van der Waals surface area contributed by atoms with E-state index in [0.717, 1.165) is 23.7 Å². The van der Waals surface area contributed by atoms with Crippen LogP contribution in [0.4, 0.5) is 0 Å². The van der Waals surface area contributed by atoms with E-state index in [2.05, 4.69) is 36.2 Å². The molecule has 0 bridgehead atoms. The van der Waals surface area contributed by atoms with E-state index < -0.39 is 17.4 Å². The van der Waals surface area contributed by atoms with Crippen molar-refractivity contribution in [2.24, 2.45) is 10.8 Å². The average Bonchev–Trinajstić information content (AvgIpc) is 2.58. The number of nitrogens with zero attached hydrogens (tertiary/aromatic N) is 2. The zero-order valence-electron chi connectivity index (χ0n) is 16.7. The van der Waals surface area contributed by atoms with Crippen LogP contribution in [0.15, 0.2) is 34.0 Å². The second-order valence-corrected chi connectivity index (χ2v) is 9.32. The van der Waals surface area contributed by atoms with Crippen molar-refractivity contribution < 1.29 is 9.90 Å². The van der Waals surface area contributed by atoms with Gasteiger partial charge in [0.1, 0.15) is 6.20 Å². The molecule has 9 heteroatoms. The van der Waals surface area contributed by atoms with Gasteiger partial charge in [0.15, 0.2) is 0 Å². The van der Waals surface area contributed by atoms with E-state index in [1.54, 1.807) is 0 Å². The SMILES string of the molecule is CC1(C)CC(O)CC(C)(CNC(=O)c2cc(-n3ncc(=O)[nH]c3=O)ccc2Cl)C1. The Labute approximate surface area is 172 Å². The number of carbonyl (C=O) groups is 1. The fourth-order valence-electron chi connectivity index (χ4n) is 4.46. The molecule has 1 aliphatic rings. The number of H-pyrrole nitrogens is 1. The summed E-state index contributed by atoms with van der Waals surface area (Å²) in [6, 6.07) is 4.49.